The van der Waals surface area contributed by atoms with E-state index in [4.69, 9.17) is 15.6 Å². The van der Waals surface area contributed by atoms with Crippen molar-refractivity contribution in [1.29, 1.82) is 0 Å². The van der Waals surface area contributed by atoms with E-state index in [0.29, 0.717) is 24.7 Å². The van der Waals surface area contributed by atoms with E-state index < -0.39 is 35.3 Å². The van der Waals surface area contributed by atoms with Crippen molar-refractivity contribution in [3.05, 3.63) is 0 Å². The number of nitrogens with two attached hydrogens (primary N) is 1. The monoisotopic (exact) mass is 607 g/mol. The van der Waals surface area contributed by atoms with Gasteiger partial charge in [0.1, 0.15) is 12.1 Å². The second kappa shape index (κ2) is 11.5. The molecule has 0 saturated heterocycles. The molecule has 0 radical (unpaired) electrons. The maximum atomic E-state index is 12.9. The minimum absolute atomic E-state index is 0.0127. The lowest BCUT2D eigenvalue weighted by atomic mass is 9.35. The number of aliphatic hydroxyl groups is 3. The second-order valence-corrected chi connectivity index (χ2v) is 17.3. The van der Waals surface area contributed by atoms with Gasteiger partial charge >= 0.3 is 11.9 Å². The van der Waals surface area contributed by atoms with Gasteiger partial charge in [0.15, 0.2) is 0 Å². The molecule has 0 amide bonds. The summed E-state index contributed by atoms with van der Waals surface area (Å²) in [5, 5.41) is 43.0. The molecule has 0 aromatic rings. The van der Waals surface area contributed by atoms with E-state index in [1.807, 2.05) is 20.8 Å². The Labute approximate surface area is 259 Å². The Kier molecular flexibility index (Phi) is 9.30. The van der Waals surface area contributed by atoms with Crippen molar-refractivity contribution in [2.24, 2.45) is 51.1 Å². The third-order valence-electron chi connectivity index (χ3n) is 13.8. The van der Waals surface area contributed by atoms with Gasteiger partial charge in [-0.25, -0.2) is 0 Å². The van der Waals surface area contributed by atoms with Crippen molar-refractivity contribution in [3.63, 3.8) is 0 Å². The predicted molar refractivity (Wildman–Crippen MR) is 166 cm³/mol. The van der Waals surface area contributed by atoms with Crippen molar-refractivity contribution in [3.8, 4) is 0 Å². The molecule has 0 aromatic heterocycles. The lowest BCUT2D eigenvalue weighted by molar-refractivity contribution is -0.249. The Morgan fingerprint density at radius 2 is 1.56 bits per heavy atom. The molecule has 43 heavy (non-hydrogen) atoms. The number of carboxylic acids is 1. The highest BCUT2D eigenvalue weighted by Crippen LogP contribution is 2.76. The number of rotatable bonds is 10. The molecule has 0 aromatic carbocycles. The molecule has 4 fully saturated rings. The minimum atomic E-state index is -0.976. The zero-order valence-electron chi connectivity index (χ0n) is 28.1. The van der Waals surface area contributed by atoms with Gasteiger partial charge < -0.3 is 30.9 Å². The number of fused-ring (bicyclic) bond motifs is 5. The largest absolute Gasteiger partial charge is 0.481 e. The number of carbonyl (C=O) groups excluding carboxylic acids is 1. The molecule has 0 heterocycles. The molecule has 4 saturated carbocycles. The summed E-state index contributed by atoms with van der Waals surface area (Å²) in [4.78, 5) is 23.8. The van der Waals surface area contributed by atoms with E-state index >= 15 is 0 Å². The van der Waals surface area contributed by atoms with Crippen LogP contribution in [0.4, 0.5) is 0 Å². The molecule has 4 aliphatic carbocycles. The summed E-state index contributed by atoms with van der Waals surface area (Å²) < 4.78 is 6.02. The molecule has 6 N–H and O–H groups in total. The molecule has 0 aliphatic heterocycles. The molecular weight excluding hydrogens is 546 g/mol. The summed E-state index contributed by atoms with van der Waals surface area (Å²) in [6.07, 6.45) is 7.42. The Morgan fingerprint density at radius 1 is 0.930 bits per heavy atom. The summed E-state index contributed by atoms with van der Waals surface area (Å²) in [5.41, 5.74) is 3.95. The maximum Gasteiger partial charge on any atom is 0.323 e. The van der Waals surface area contributed by atoms with Crippen LogP contribution in [-0.4, -0.2) is 61.8 Å². The van der Waals surface area contributed by atoms with Crippen molar-refractivity contribution < 1.29 is 34.8 Å². The highest BCUT2D eigenvalue weighted by atomic mass is 16.5. The normalized spacial score (nSPS) is 42.6. The van der Waals surface area contributed by atoms with Gasteiger partial charge in [-0.3, -0.25) is 9.59 Å². The number of carboxylic acid groups (broad SMARTS) is 1. The van der Waals surface area contributed by atoms with Crippen LogP contribution in [-0.2, 0) is 14.3 Å². The maximum absolute atomic E-state index is 12.9. The lowest BCUT2D eigenvalue weighted by Gasteiger charge is -2.70. The van der Waals surface area contributed by atoms with Crippen LogP contribution in [0.25, 0.3) is 0 Å². The summed E-state index contributed by atoms with van der Waals surface area (Å²) in [7, 11) is 0. The van der Waals surface area contributed by atoms with E-state index in [1.165, 1.54) is 0 Å². The quantitative estimate of drug-likeness (QED) is 0.206. The number of aliphatic hydroxyl groups excluding tert-OH is 1. The lowest BCUT2D eigenvalue weighted by Crippen LogP contribution is -2.66. The summed E-state index contributed by atoms with van der Waals surface area (Å²) in [6.45, 7) is 17.3. The van der Waals surface area contributed by atoms with E-state index in [0.717, 1.165) is 51.4 Å². The van der Waals surface area contributed by atoms with Crippen molar-refractivity contribution >= 4 is 11.9 Å². The van der Waals surface area contributed by atoms with Gasteiger partial charge in [-0.2, -0.15) is 0 Å². The smallest absolute Gasteiger partial charge is 0.323 e. The molecule has 8 heteroatoms. The van der Waals surface area contributed by atoms with Gasteiger partial charge in [-0.15, -0.1) is 0 Å². The Bertz CT molecular complexity index is 1050. The molecule has 4 rings (SSSR count). The summed E-state index contributed by atoms with van der Waals surface area (Å²) >= 11 is 0. The summed E-state index contributed by atoms with van der Waals surface area (Å²) in [5.74, 6) is -0.829. The number of hydrogen-bond acceptors (Lipinski definition) is 7. The van der Waals surface area contributed by atoms with E-state index in [9.17, 15) is 24.9 Å². The molecule has 248 valence electrons. The zero-order valence-corrected chi connectivity index (χ0v) is 28.1. The van der Waals surface area contributed by atoms with Gasteiger partial charge in [0.25, 0.3) is 0 Å². The number of aliphatic carboxylic acids is 1. The van der Waals surface area contributed by atoms with Crippen molar-refractivity contribution in [2.45, 2.75) is 162 Å². The number of ether oxygens (including phenoxy) is 1. The van der Waals surface area contributed by atoms with E-state index in [2.05, 4.69) is 34.6 Å². The van der Waals surface area contributed by atoms with Crippen molar-refractivity contribution in [2.75, 3.05) is 0 Å². The number of carbonyl (C=O) groups is 2. The molecule has 1 unspecified atom stereocenters. The van der Waals surface area contributed by atoms with E-state index in [1.54, 1.807) is 0 Å². The van der Waals surface area contributed by atoms with Gasteiger partial charge in [0, 0.05) is 11.8 Å². The van der Waals surface area contributed by atoms with Gasteiger partial charge in [-0.1, -0.05) is 34.6 Å². The molecule has 0 spiro atoms. The van der Waals surface area contributed by atoms with Gasteiger partial charge in [0.05, 0.1) is 17.3 Å². The van der Waals surface area contributed by atoms with Crippen LogP contribution in [0.15, 0.2) is 0 Å². The van der Waals surface area contributed by atoms with Crippen LogP contribution in [0.1, 0.15) is 132 Å². The van der Waals surface area contributed by atoms with Crippen LogP contribution in [0.2, 0.25) is 0 Å². The van der Waals surface area contributed by atoms with Gasteiger partial charge in [-0.05, 0) is 131 Å². The predicted octanol–water partition coefficient (Wildman–Crippen LogP) is 5.44. The second-order valence-electron chi connectivity index (χ2n) is 17.3. The van der Waals surface area contributed by atoms with Crippen LogP contribution in [0.5, 0.6) is 0 Å². The standard InChI is InChI=1S/C35H61NO7/c1-30(2,41)15-9-16-35(8,42)21-12-18-34(7)28(21)23(37)20-25-32(5)17-14-26(43-29(40)22(36)10-11-27(38)39)31(3,4)24(32)13-19-33(25,34)6/h21-26,28,37,41-42H,9-20,36H2,1-8H3,(H,38,39)/t21?,22-,23+,24+,25+,26-,28-,32-,33+,34+,35+/m0/s1. The van der Waals surface area contributed by atoms with Crippen molar-refractivity contribution in [1.82, 2.24) is 0 Å². The average molecular weight is 608 g/mol. The highest BCUT2D eigenvalue weighted by Gasteiger charge is 2.71. The minimum Gasteiger partial charge on any atom is -0.481 e. The first-order valence-electron chi connectivity index (χ1n) is 16.9. The number of esters is 1. The van der Waals surface area contributed by atoms with Crippen LogP contribution in [0.3, 0.4) is 0 Å². The first-order valence-corrected chi connectivity index (χ1v) is 16.9. The van der Waals surface area contributed by atoms with Crippen LogP contribution >= 0.6 is 0 Å². The highest BCUT2D eigenvalue weighted by molar-refractivity contribution is 5.77. The third kappa shape index (κ3) is 6.04. The van der Waals surface area contributed by atoms with E-state index in [-0.39, 0.29) is 52.4 Å². The van der Waals surface area contributed by atoms with Crippen LogP contribution < -0.4 is 5.73 Å². The zero-order chi connectivity index (χ0) is 32.4. The Morgan fingerprint density at radius 3 is 2.16 bits per heavy atom. The Hall–Kier alpha value is -1.22. The molecule has 4 aliphatic rings. The molecule has 0 bridgehead atoms. The SMILES string of the molecule is CC(C)(O)CCC[C@@](C)(O)C1CC[C@]2(C)[C@@H]1[C@H](O)C[C@@H]1[C@@]3(C)CC[C@H](OC(=O)[C@@H](N)CCC(=O)O)C(C)(C)[C@H]3CC[C@]12C. The topological polar surface area (TPSA) is 150 Å². The fourth-order valence-electron chi connectivity index (χ4n) is 11.3. The first-order chi connectivity index (χ1) is 19.6. The third-order valence-corrected chi connectivity index (χ3v) is 13.8. The summed E-state index contributed by atoms with van der Waals surface area (Å²) in [6, 6.07) is -0.942. The van der Waals surface area contributed by atoms with Gasteiger partial charge in [0.2, 0.25) is 0 Å². The molecule has 11 atom stereocenters. The fraction of sp³-hybridized carbons (Fsp3) is 0.943. The molecular formula is C35H61NO7. The Balaban J connectivity index is 1.54. The van der Waals surface area contributed by atoms with Crippen LogP contribution in [0, 0.1) is 45.3 Å². The number of hydrogen-bond donors (Lipinski definition) is 5. The first kappa shape index (κ1) is 34.6. The molecule has 8 nitrogen and oxygen atoms in total. The fourth-order valence-corrected chi connectivity index (χ4v) is 11.3. The average Bonchev–Trinajstić information content (AvgIpc) is 3.25.